The molecule has 1 rings (SSSR count). The molecule has 0 aromatic heterocycles. The van der Waals surface area contributed by atoms with Crippen LogP contribution in [0.2, 0.25) is 5.02 Å². The number of hydrogen-bond acceptors (Lipinski definition) is 1. The molecule has 108 valence electrons. The van der Waals surface area contributed by atoms with Crippen molar-refractivity contribution in [3.8, 4) is 0 Å². The van der Waals surface area contributed by atoms with Crippen molar-refractivity contribution in [3.05, 3.63) is 34.3 Å². The van der Waals surface area contributed by atoms with Crippen LogP contribution in [0.15, 0.2) is 18.2 Å². The lowest BCUT2D eigenvalue weighted by atomic mass is 9.97. The fourth-order valence-corrected chi connectivity index (χ4v) is 2.44. The zero-order chi connectivity index (χ0) is 14.3. The maximum Gasteiger partial charge on any atom is 0.0435 e. The van der Waals surface area contributed by atoms with E-state index in [1.807, 2.05) is 6.07 Å². The minimum atomic E-state index is 0.467. The van der Waals surface area contributed by atoms with E-state index in [-0.39, 0.29) is 0 Å². The molecule has 0 bridgehead atoms. The SMILES string of the molecule is CCCNC(CCCC(C)C)c1ccc(Cl)c(C)c1. The van der Waals surface area contributed by atoms with Crippen molar-refractivity contribution >= 4 is 11.6 Å². The summed E-state index contributed by atoms with van der Waals surface area (Å²) in [5, 5.41) is 4.52. The first-order chi connectivity index (χ1) is 9.04. The van der Waals surface area contributed by atoms with Crippen LogP contribution in [0, 0.1) is 12.8 Å². The summed E-state index contributed by atoms with van der Waals surface area (Å²) in [6, 6.07) is 6.88. The van der Waals surface area contributed by atoms with E-state index in [0.717, 1.165) is 17.5 Å². The Hall–Kier alpha value is -0.530. The van der Waals surface area contributed by atoms with Gasteiger partial charge < -0.3 is 5.32 Å². The third-order valence-corrected chi connectivity index (χ3v) is 3.92. The number of hydrogen-bond donors (Lipinski definition) is 1. The Labute approximate surface area is 123 Å². The van der Waals surface area contributed by atoms with Gasteiger partial charge in [0.2, 0.25) is 0 Å². The monoisotopic (exact) mass is 281 g/mol. The van der Waals surface area contributed by atoms with E-state index in [1.54, 1.807) is 0 Å². The van der Waals surface area contributed by atoms with Gasteiger partial charge in [-0.15, -0.1) is 0 Å². The van der Waals surface area contributed by atoms with Crippen LogP contribution in [0.4, 0.5) is 0 Å². The molecule has 1 nitrogen and oxygen atoms in total. The van der Waals surface area contributed by atoms with E-state index in [0.29, 0.717) is 6.04 Å². The molecule has 1 unspecified atom stereocenters. The topological polar surface area (TPSA) is 12.0 Å². The summed E-state index contributed by atoms with van der Waals surface area (Å²) in [4.78, 5) is 0. The van der Waals surface area contributed by atoms with Crippen LogP contribution < -0.4 is 5.32 Å². The van der Waals surface area contributed by atoms with E-state index in [2.05, 4.69) is 45.1 Å². The van der Waals surface area contributed by atoms with Gasteiger partial charge in [-0.3, -0.25) is 0 Å². The Morgan fingerprint density at radius 3 is 2.53 bits per heavy atom. The highest BCUT2D eigenvalue weighted by Crippen LogP contribution is 2.25. The molecular formula is C17H28ClN. The summed E-state index contributed by atoms with van der Waals surface area (Å²) >= 11 is 6.12. The highest BCUT2D eigenvalue weighted by atomic mass is 35.5. The lowest BCUT2D eigenvalue weighted by molar-refractivity contribution is 0.447. The van der Waals surface area contributed by atoms with Crippen LogP contribution in [0.25, 0.3) is 0 Å². The quantitative estimate of drug-likeness (QED) is 0.662. The Bertz CT molecular complexity index is 374. The van der Waals surface area contributed by atoms with Crippen LogP contribution in [0.5, 0.6) is 0 Å². The van der Waals surface area contributed by atoms with E-state index in [1.165, 1.54) is 36.8 Å². The first kappa shape index (κ1) is 16.5. The Kier molecular flexibility index (Phi) is 7.48. The van der Waals surface area contributed by atoms with Gasteiger partial charge >= 0.3 is 0 Å². The minimum Gasteiger partial charge on any atom is -0.310 e. The van der Waals surface area contributed by atoms with Crippen molar-refractivity contribution in [2.24, 2.45) is 5.92 Å². The molecule has 0 saturated carbocycles. The highest BCUT2D eigenvalue weighted by molar-refractivity contribution is 6.31. The fourth-order valence-electron chi connectivity index (χ4n) is 2.32. The van der Waals surface area contributed by atoms with Gasteiger partial charge in [0.15, 0.2) is 0 Å². The highest BCUT2D eigenvalue weighted by Gasteiger charge is 2.11. The van der Waals surface area contributed by atoms with Crippen molar-refractivity contribution in [1.82, 2.24) is 5.32 Å². The zero-order valence-electron chi connectivity index (χ0n) is 12.8. The second-order valence-electron chi connectivity index (χ2n) is 5.84. The van der Waals surface area contributed by atoms with Crippen LogP contribution in [-0.2, 0) is 0 Å². The molecule has 1 atom stereocenters. The minimum absolute atomic E-state index is 0.467. The number of nitrogens with one attached hydrogen (secondary N) is 1. The fraction of sp³-hybridized carbons (Fsp3) is 0.647. The molecule has 1 N–H and O–H groups in total. The van der Waals surface area contributed by atoms with Crippen molar-refractivity contribution in [2.45, 2.75) is 59.4 Å². The van der Waals surface area contributed by atoms with Gasteiger partial charge in [0, 0.05) is 11.1 Å². The molecule has 1 aromatic carbocycles. The molecule has 0 spiro atoms. The predicted molar refractivity (Wildman–Crippen MR) is 85.9 cm³/mol. The smallest absolute Gasteiger partial charge is 0.0435 e. The van der Waals surface area contributed by atoms with E-state index < -0.39 is 0 Å². The summed E-state index contributed by atoms with van der Waals surface area (Å²) in [5.74, 6) is 0.791. The molecule has 0 radical (unpaired) electrons. The first-order valence-electron chi connectivity index (χ1n) is 7.54. The van der Waals surface area contributed by atoms with E-state index >= 15 is 0 Å². The predicted octanol–water partition coefficient (Wildman–Crippen LogP) is 5.52. The number of halogens is 1. The number of benzene rings is 1. The Morgan fingerprint density at radius 1 is 1.21 bits per heavy atom. The summed E-state index contributed by atoms with van der Waals surface area (Å²) in [7, 11) is 0. The zero-order valence-corrected chi connectivity index (χ0v) is 13.6. The summed E-state index contributed by atoms with van der Waals surface area (Å²) in [6.45, 7) is 9.96. The average Bonchev–Trinajstić information content (AvgIpc) is 2.36. The molecule has 0 aliphatic carbocycles. The molecule has 0 heterocycles. The molecular weight excluding hydrogens is 254 g/mol. The molecule has 0 amide bonds. The summed E-state index contributed by atoms with van der Waals surface area (Å²) in [5.41, 5.74) is 2.55. The second kappa shape index (κ2) is 8.60. The van der Waals surface area contributed by atoms with Gasteiger partial charge in [0.05, 0.1) is 0 Å². The van der Waals surface area contributed by atoms with E-state index in [4.69, 9.17) is 11.6 Å². The standard InChI is InChI=1S/C17H28ClN/c1-5-11-19-17(8-6-7-13(2)3)15-9-10-16(18)14(4)12-15/h9-10,12-13,17,19H,5-8,11H2,1-4H3. The third kappa shape index (κ3) is 5.97. The molecule has 19 heavy (non-hydrogen) atoms. The van der Waals surface area contributed by atoms with Crippen molar-refractivity contribution in [3.63, 3.8) is 0 Å². The van der Waals surface area contributed by atoms with Crippen molar-refractivity contribution < 1.29 is 0 Å². The van der Waals surface area contributed by atoms with Gasteiger partial charge in [-0.1, -0.05) is 57.3 Å². The molecule has 2 heteroatoms. The average molecular weight is 282 g/mol. The van der Waals surface area contributed by atoms with Crippen LogP contribution in [-0.4, -0.2) is 6.54 Å². The van der Waals surface area contributed by atoms with Gasteiger partial charge in [0.25, 0.3) is 0 Å². The van der Waals surface area contributed by atoms with Crippen molar-refractivity contribution in [1.29, 1.82) is 0 Å². The summed E-state index contributed by atoms with van der Waals surface area (Å²) in [6.07, 6.45) is 4.96. The second-order valence-corrected chi connectivity index (χ2v) is 6.25. The van der Waals surface area contributed by atoms with Gasteiger partial charge in [-0.25, -0.2) is 0 Å². The maximum absolute atomic E-state index is 6.12. The van der Waals surface area contributed by atoms with Crippen LogP contribution in [0.1, 0.15) is 63.6 Å². The lowest BCUT2D eigenvalue weighted by Gasteiger charge is -2.20. The number of rotatable bonds is 8. The van der Waals surface area contributed by atoms with E-state index in [9.17, 15) is 0 Å². The van der Waals surface area contributed by atoms with Gasteiger partial charge in [0.1, 0.15) is 0 Å². The van der Waals surface area contributed by atoms with Crippen LogP contribution in [0.3, 0.4) is 0 Å². The first-order valence-corrected chi connectivity index (χ1v) is 7.91. The van der Waals surface area contributed by atoms with Gasteiger partial charge in [-0.2, -0.15) is 0 Å². The lowest BCUT2D eigenvalue weighted by Crippen LogP contribution is -2.22. The molecule has 0 aliphatic heterocycles. The third-order valence-electron chi connectivity index (χ3n) is 3.50. The van der Waals surface area contributed by atoms with Gasteiger partial charge in [-0.05, 0) is 49.4 Å². The summed E-state index contributed by atoms with van der Waals surface area (Å²) < 4.78 is 0. The number of aryl methyl sites for hydroxylation is 1. The molecule has 0 aliphatic rings. The Balaban J connectivity index is 2.68. The molecule has 1 aromatic rings. The van der Waals surface area contributed by atoms with Crippen LogP contribution >= 0.6 is 11.6 Å². The molecule has 0 fully saturated rings. The largest absolute Gasteiger partial charge is 0.310 e. The van der Waals surface area contributed by atoms with Crippen molar-refractivity contribution in [2.75, 3.05) is 6.54 Å². The molecule has 0 saturated heterocycles. The maximum atomic E-state index is 6.12. The normalized spacial score (nSPS) is 12.9. The Morgan fingerprint density at radius 2 is 1.95 bits per heavy atom.